The molecule has 0 bridgehead atoms. The second-order valence-electron chi connectivity index (χ2n) is 6.23. The van der Waals surface area contributed by atoms with E-state index in [0.29, 0.717) is 32.5 Å². The number of nitrogens with zero attached hydrogens (tertiary/aromatic N) is 1. The molecule has 2 atom stereocenters. The van der Waals surface area contributed by atoms with E-state index in [1.54, 1.807) is 24.1 Å². The average Bonchev–Trinajstić information content (AvgIpc) is 2.53. The van der Waals surface area contributed by atoms with Crippen LogP contribution in [0.25, 0.3) is 0 Å². The lowest BCUT2D eigenvalue weighted by Gasteiger charge is -2.43. The number of methoxy groups -OCH3 is 1. The van der Waals surface area contributed by atoms with Gasteiger partial charge in [0.25, 0.3) is 0 Å². The minimum absolute atomic E-state index is 0.0219. The van der Waals surface area contributed by atoms with Crippen LogP contribution in [-0.4, -0.2) is 48.4 Å². The molecule has 1 fully saturated rings. The first kappa shape index (κ1) is 17.7. The van der Waals surface area contributed by atoms with Crippen LogP contribution in [0.5, 0.6) is 0 Å². The highest BCUT2D eigenvalue weighted by Gasteiger charge is 2.39. The standard InChI is InChI=1S/C17H25FN2O3/c1-13-12-20(8-6-17(13,22)7-9-23-2)16(21)19-11-14-4-3-5-15(18)10-14/h3-5,10,13,22H,6-9,11-12H2,1-2H3,(H,19,21)/t13-,17-/m0/s1. The quantitative estimate of drug-likeness (QED) is 0.872. The largest absolute Gasteiger partial charge is 0.389 e. The van der Waals surface area contributed by atoms with E-state index in [9.17, 15) is 14.3 Å². The second kappa shape index (κ2) is 7.75. The number of benzene rings is 1. The van der Waals surface area contributed by atoms with Crippen LogP contribution in [0.2, 0.25) is 0 Å². The number of piperidine rings is 1. The topological polar surface area (TPSA) is 61.8 Å². The van der Waals surface area contributed by atoms with Gasteiger partial charge in [0, 0.05) is 39.3 Å². The molecule has 23 heavy (non-hydrogen) atoms. The van der Waals surface area contributed by atoms with Gasteiger partial charge in [0.2, 0.25) is 0 Å². The van der Waals surface area contributed by atoms with Gasteiger partial charge in [-0.1, -0.05) is 19.1 Å². The van der Waals surface area contributed by atoms with Crippen molar-refractivity contribution in [1.29, 1.82) is 0 Å². The number of hydrogen-bond acceptors (Lipinski definition) is 3. The molecular formula is C17H25FN2O3. The molecule has 2 N–H and O–H groups in total. The van der Waals surface area contributed by atoms with Crippen molar-refractivity contribution >= 4 is 6.03 Å². The Morgan fingerprint density at radius 3 is 3.00 bits per heavy atom. The Morgan fingerprint density at radius 1 is 1.57 bits per heavy atom. The van der Waals surface area contributed by atoms with E-state index in [2.05, 4.69) is 5.32 Å². The van der Waals surface area contributed by atoms with Crippen LogP contribution < -0.4 is 5.32 Å². The molecule has 0 spiro atoms. The first-order chi connectivity index (χ1) is 10.9. The number of aliphatic hydroxyl groups is 1. The molecule has 5 nitrogen and oxygen atoms in total. The maximum Gasteiger partial charge on any atom is 0.317 e. The van der Waals surface area contributed by atoms with Crippen molar-refractivity contribution in [2.75, 3.05) is 26.8 Å². The van der Waals surface area contributed by atoms with Crippen molar-refractivity contribution in [3.8, 4) is 0 Å². The summed E-state index contributed by atoms with van der Waals surface area (Å²) in [4.78, 5) is 13.9. The number of ether oxygens (including phenoxy) is 1. The van der Waals surface area contributed by atoms with Crippen LogP contribution in [0.1, 0.15) is 25.3 Å². The predicted octanol–water partition coefficient (Wildman–Crippen LogP) is 2.14. The van der Waals surface area contributed by atoms with Crippen LogP contribution >= 0.6 is 0 Å². The first-order valence-electron chi connectivity index (χ1n) is 7.93. The van der Waals surface area contributed by atoms with Gasteiger partial charge in [-0.3, -0.25) is 0 Å². The minimum atomic E-state index is -0.782. The molecule has 0 radical (unpaired) electrons. The Balaban J connectivity index is 1.85. The van der Waals surface area contributed by atoms with Crippen LogP contribution in [0, 0.1) is 11.7 Å². The number of rotatable bonds is 5. The van der Waals surface area contributed by atoms with Gasteiger partial charge in [-0.15, -0.1) is 0 Å². The molecule has 0 saturated carbocycles. The molecule has 1 aromatic carbocycles. The Morgan fingerprint density at radius 2 is 2.35 bits per heavy atom. The molecule has 1 aromatic rings. The van der Waals surface area contributed by atoms with Crippen LogP contribution in [0.15, 0.2) is 24.3 Å². The number of halogens is 1. The monoisotopic (exact) mass is 324 g/mol. The Kier molecular flexibility index (Phi) is 5.96. The molecular weight excluding hydrogens is 299 g/mol. The molecule has 1 aliphatic rings. The lowest BCUT2D eigenvalue weighted by Crippen LogP contribution is -2.54. The number of carbonyl (C=O) groups is 1. The highest BCUT2D eigenvalue weighted by molar-refractivity contribution is 5.74. The maximum absolute atomic E-state index is 13.1. The molecule has 2 amide bonds. The Labute approximate surface area is 136 Å². The third-order valence-corrected chi connectivity index (χ3v) is 4.59. The summed E-state index contributed by atoms with van der Waals surface area (Å²) in [5.41, 5.74) is -0.0602. The Hall–Kier alpha value is -1.66. The summed E-state index contributed by atoms with van der Waals surface area (Å²) < 4.78 is 18.2. The Bertz CT molecular complexity index is 540. The van der Waals surface area contributed by atoms with E-state index >= 15 is 0 Å². The second-order valence-corrected chi connectivity index (χ2v) is 6.23. The van der Waals surface area contributed by atoms with E-state index in [1.807, 2.05) is 6.92 Å². The van der Waals surface area contributed by atoms with Gasteiger partial charge < -0.3 is 20.1 Å². The summed E-state index contributed by atoms with van der Waals surface area (Å²) >= 11 is 0. The van der Waals surface area contributed by atoms with Crippen LogP contribution in [0.4, 0.5) is 9.18 Å². The SMILES string of the molecule is COCC[C@@]1(O)CCN(C(=O)NCc2cccc(F)c2)C[C@@H]1C. The summed E-state index contributed by atoms with van der Waals surface area (Å²) in [6, 6.07) is 5.98. The lowest BCUT2D eigenvalue weighted by atomic mass is 9.80. The lowest BCUT2D eigenvalue weighted by molar-refractivity contribution is -0.0732. The van der Waals surface area contributed by atoms with Crippen molar-refractivity contribution in [2.24, 2.45) is 5.92 Å². The molecule has 1 saturated heterocycles. The number of amides is 2. The van der Waals surface area contributed by atoms with Crippen molar-refractivity contribution in [3.63, 3.8) is 0 Å². The molecule has 6 heteroatoms. The normalized spacial score (nSPS) is 24.5. The number of urea groups is 1. The smallest absolute Gasteiger partial charge is 0.317 e. The van der Waals surface area contributed by atoms with E-state index < -0.39 is 5.60 Å². The first-order valence-corrected chi connectivity index (χ1v) is 7.93. The molecule has 0 unspecified atom stereocenters. The zero-order valence-electron chi connectivity index (χ0n) is 13.7. The highest BCUT2D eigenvalue weighted by atomic mass is 19.1. The van der Waals surface area contributed by atoms with Gasteiger partial charge in [0.15, 0.2) is 0 Å². The van der Waals surface area contributed by atoms with Crippen molar-refractivity contribution in [1.82, 2.24) is 10.2 Å². The fraction of sp³-hybridized carbons (Fsp3) is 0.588. The fourth-order valence-electron chi connectivity index (χ4n) is 2.94. The van der Waals surface area contributed by atoms with Crippen molar-refractivity contribution in [2.45, 2.75) is 31.9 Å². The van der Waals surface area contributed by atoms with E-state index in [-0.39, 0.29) is 24.3 Å². The summed E-state index contributed by atoms with van der Waals surface area (Å²) in [5.74, 6) is -0.335. The van der Waals surface area contributed by atoms with E-state index in [0.717, 1.165) is 5.56 Å². The molecule has 0 aromatic heterocycles. The van der Waals surface area contributed by atoms with E-state index in [4.69, 9.17) is 4.74 Å². The molecule has 1 aliphatic heterocycles. The van der Waals surface area contributed by atoms with Crippen LogP contribution in [-0.2, 0) is 11.3 Å². The molecule has 128 valence electrons. The maximum atomic E-state index is 13.1. The highest BCUT2D eigenvalue weighted by Crippen LogP contribution is 2.30. The summed E-state index contributed by atoms with van der Waals surface area (Å²) in [5, 5.41) is 13.4. The number of likely N-dealkylation sites (tertiary alicyclic amines) is 1. The fourth-order valence-corrected chi connectivity index (χ4v) is 2.94. The number of carbonyl (C=O) groups excluding carboxylic acids is 1. The zero-order chi connectivity index (χ0) is 16.9. The van der Waals surface area contributed by atoms with Crippen molar-refractivity contribution < 1.29 is 19.0 Å². The van der Waals surface area contributed by atoms with Gasteiger partial charge in [-0.25, -0.2) is 9.18 Å². The average molecular weight is 324 g/mol. The van der Waals surface area contributed by atoms with Gasteiger partial charge in [-0.05, 0) is 30.5 Å². The van der Waals surface area contributed by atoms with Gasteiger partial charge >= 0.3 is 6.03 Å². The van der Waals surface area contributed by atoms with Crippen molar-refractivity contribution in [3.05, 3.63) is 35.6 Å². The summed E-state index contributed by atoms with van der Waals surface area (Å²) in [6.07, 6.45) is 1.11. The van der Waals surface area contributed by atoms with Gasteiger partial charge in [0.1, 0.15) is 5.82 Å². The number of hydrogen-bond donors (Lipinski definition) is 2. The third-order valence-electron chi connectivity index (χ3n) is 4.59. The summed E-state index contributed by atoms with van der Waals surface area (Å²) in [7, 11) is 1.61. The van der Waals surface area contributed by atoms with Crippen LogP contribution in [0.3, 0.4) is 0 Å². The van der Waals surface area contributed by atoms with Gasteiger partial charge in [-0.2, -0.15) is 0 Å². The minimum Gasteiger partial charge on any atom is -0.389 e. The van der Waals surface area contributed by atoms with Gasteiger partial charge in [0.05, 0.1) is 5.60 Å². The molecule has 0 aliphatic carbocycles. The third kappa shape index (κ3) is 4.65. The summed E-state index contributed by atoms with van der Waals surface area (Å²) in [6.45, 7) is 3.73. The molecule has 2 rings (SSSR count). The molecule has 1 heterocycles. The zero-order valence-corrected chi connectivity index (χ0v) is 13.7. The van der Waals surface area contributed by atoms with E-state index in [1.165, 1.54) is 12.1 Å². The predicted molar refractivity (Wildman–Crippen MR) is 85.4 cm³/mol. The number of nitrogens with one attached hydrogen (secondary N) is 1.